The van der Waals surface area contributed by atoms with Crippen LogP contribution in [0.3, 0.4) is 0 Å². The Labute approximate surface area is 197 Å². The number of hydrogen-bond acceptors (Lipinski definition) is 10. The summed E-state index contributed by atoms with van der Waals surface area (Å²) in [6, 6.07) is 9.21. The van der Waals surface area contributed by atoms with Crippen molar-refractivity contribution in [2.24, 2.45) is 0 Å². The number of phenols is 2. The van der Waals surface area contributed by atoms with Gasteiger partial charge >= 0.3 is 11.9 Å². The van der Waals surface area contributed by atoms with E-state index >= 15 is 0 Å². The third-order valence-corrected chi connectivity index (χ3v) is 4.66. The van der Waals surface area contributed by atoms with Crippen LogP contribution in [0.4, 0.5) is 0 Å². The molecule has 0 aliphatic carbocycles. The quantitative estimate of drug-likeness (QED) is 0.414. The molecular formula is C24H30O10. The van der Waals surface area contributed by atoms with Gasteiger partial charge in [-0.3, -0.25) is 0 Å². The first-order valence-corrected chi connectivity index (χ1v) is 10.6. The lowest BCUT2D eigenvalue weighted by Gasteiger charge is -2.25. The molecule has 2 aromatic rings. The van der Waals surface area contributed by atoms with Gasteiger partial charge in [0.1, 0.15) is 0 Å². The lowest BCUT2D eigenvalue weighted by molar-refractivity contribution is -0.185. The predicted molar refractivity (Wildman–Crippen MR) is 120 cm³/mol. The largest absolute Gasteiger partial charge is 0.504 e. The van der Waals surface area contributed by atoms with Crippen LogP contribution in [0.25, 0.3) is 0 Å². The zero-order valence-corrected chi connectivity index (χ0v) is 19.6. The first-order chi connectivity index (χ1) is 16.3. The molecule has 0 saturated carbocycles. The topological polar surface area (TPSA) is 130 Å². The van der Waals surface area contributed by atoms with Gasteiger partial charge in [0, 0.05) is 0 Å². The van der Waals surface area contributed by atoms with E-state index in [4.69, 9.17) is 28.4 Å². The fraction of sp³-hybridized carbons (Fsp3) is 0.417. The number of carbonyl (C=O) groups excluding carboxylic acids is 2. The van der Waals surface area contributed by atoms with Gasteiger partial charge in [0.2, 0.25) is 0 Å². The molecule has 0 aromatic heterocycles. The van der Waals surface area contributed by atoms with E-state index in [-0.39, 0.29) is 49.4 Å². The molecule has 2 rings (SSSR count). The number of esters is 2. The van der Waals surface area contributed by atoms with Crippen molar-refractivity contribution in [3.63, 3.8) is 0 Å². The summed E-state index contributed by atoms with van der Waals surface area (Å²) in [5.74, 6) is -1.27. The lowest BCUT2D eigenvalue weighted by atomic mass is 10.1. The maximum absolute atomic E-state index is 12.7. The van der Waals surface area contributed by atoms with Gasteiger partial charge in [0.05, 0.1) is 40.6 Å². The zero-order valence-electron chi connectivity index (χ0n) is 19.6. The van der Waals surface area contributed by atoms with Gasteiger partial charge in [-0.15, -0.1) is 0 Å². The molecule has 0 saturated heterocycles. The van der Waals surface area contributed by atoms with Crippen LogP contribution in [0.1, 0.15) is 25.0 Å². The summed E-state index contributed by atoms with van der Waals surface area (Å²) >= 11 is 0. The lowest BCUT2D eigenvalue weighted by Crippen LogP contribution is -2.45. The molecule has 0 spiro atoms. The number of benzene rings is 2. The number of methoxy groups -OCH3 is 2. The van der Waals surface area contributed by atoms with Crippen LogP contribution in [0, 0.1) is 0 Å². The Balaban J connectivity index is 2.24. The average Bonchev–Trinajstić information content (AvgIpc) is 2.81. The van der Waals surface area contributed by atoms with Crippen molar-refractivity contribution < 1.29 is 48.2 Å². The number of ether oxygens (including phenoxy) is 6. The van der Waals surface area contributed by atoms with E-state index in [0.29, 0.717) is 11.1 Å². The summed E-state index contributed by atoms with van der Waals surface area (Å²) in [5.41, 5.74) is 1.05. The van der Waals surface area contributed by atoms with Crippen LogP contribution >= 0.6 is 0 Å². The molecule has 34 heavy (non-hydrogen) atoms. The Morgan fingerprint density at radius 3 is 1.41 bits per heavy atom. The molecule has 0 amide bonds. The molecule has 0 aliphatic rings. The molecule has 0 aliphatic heterocycles. The fourth-order valence-electron chi connectivity index (χ4n) is 3.03. The summed E-state index contributed by atoms with van der Waals surface area (Å²) in [6.45, 7) is 3.09. The van der Waals surface area contributed by atoms with Crippen LogP contribution in [0.5, 0.6) is 23.0 Å². The number of hydrogen-bond donors (Lipinski definition) is 2. The smallest absolute Gasteiger partial charge is 0.338 e. The number of carbonyl (C=O) groups is 2. The van der Waals surface area contributed by atoms with Crippen molar-refractivity contribution in [3.05, 3.63) is 47.5 Å². The van der Waals surface area contributed by atoms with Crippen molar-refractivity contribution >= 4 is 11.9 Å². The Morgan fingerprint density at radius 2 is 1.12 bits per heavy atom. The molecule has 0 heterocycles. The second-order valence-corrected chi connectivity index (χ2v) is 6.98. The highest BCUT2D eigenvalue weighted by Crippen LogP contribution is 2.28. The molecular weight excluding hydrogens is 448 g/mol. The van der Waals surface area contributed by atoms with Crippen molar-refractivity contribution in [3.8, 4) is 23.0 Å². The summed E-state index contributed by atoms with van der Waals surface area (Å²) in [4.78, 5) is 25.3. The fourth-order valence-corrected chi connectivity index (χ4v) is 3.03. The number of phenolic OH excluding ortho intramolecular Hbond substituents is 2. The van der Waals surface area contributed by atoms with Gasteiger partial charge in [-0.25, -0.2) is 9.59 Å². The molecule has 10 heteroatoms. The zero-order chi connectivity index (χ0) is 25.1. The normalized spacial score (nSPS) is 12.5. The average molecular weight is 478 g/mol. The van der Waals surface area contributed by atoms with Crippen LogP contribution < -0.4 is 9.47 Å². The molecule has 2 aromatic carbocycles. The van der Waals surface area contributed by atoms with Crippen LogP contribution in [-0.2, 0) is 41.8 Å². The number of rotatable bonds is 13. The van der Waals surface area contributed by atoms with E-state index in [1.54, 1.807) is 38.1 Å². The number of aromatic hydroxyl groups is 2. The van der Waals surface area contributed by atoms with Crippen molar-refractivity contribution in [2.45, 2.75) is 39.3 Å². The molecule has 10 nitrogen and oxygen atoms in total. The van der Waals surface area contributed by atoms with Crippen molar-refractivity contribution in [2.75, 3.05) is 27.4 Å². The van der Waals surface area contributed by atoms with Gasteiger partial charge in [0.25, 0.3) is 0 Å². The first-order valence-electron chi connectivity index (χ1n) is 10.6. The highest BCUT2D eigenvalue weighted by molar-refractivity contribution is 5.85. The summed E-state index contributed by atoms with van der Waals surface area (Å²) in [6.07, 6.45) is -2.90. The Bertz CT molecular complexity index is 881. The molecule has 0 bridgehead atoms. The molecule has 0 unspecified atom stereocenters. The Morgan fingerprint density at radius 1 is 0.735 bits per heavy atom. The third kappa shape index (κ3) is 7.26. The van der Waals surface area contributed by atoms with Crippen molar-refractivity contribution in [1.82, 2.24) is 0 Å². The monoisotopic (exact) mass is 478 g/mol. The first kappa shape index (κ1) is 26.7. The minimum Gasteiger partial charge on any atom is -0.504 e. The van der Waals surface area contributed by atoms with Gasteiger partial charge in [-0.1, -0.05) is 12.1 Å². The third-order valence-electron chi connectivity index (χ3n) is 4.66. The molecule has 2 atom stereocenters. The summed E-state index contributed by atoms with van der Waals surface area (Å²) in [5, 5.41) is 20.0. The van der Waals surface area contributed by atoms with E-state index in [2.05, 4.69) is 0 Å². The van der Waals surface area contributed by atoms with E-state index in [0.717, 1.165) is 0 Å². The van der Waals surface area contributed by atoms with Gasteiger partial charge < -0.3 is 38.6 Å². The van der Waals surface area contributed by atoms with Crippen molar-refractivity contribution in [1.29, 1.82) is 0 Å². The Kier molecular flexibility index (Phi) is 10.4. The van der Waals surface area contributed by atoms with Crippen LogP contribution in [0.15, 0.2) is 36.4 Å². The Hall–Kier alpha value is -3.50. The molecule has 0 radical (unpaired) electrons. The standard InChI is InChI=1S/C24H30O10/c1-5-31-23(27)21(33-13-15-7-9-19(29-3)17(25)11-15)22(24(28)32-6-2)34-14-16-8-10-20(30-4)18(26)12-16/h7-12,21-22,25-26H,5-6,13-14H2,1-4H3/t21-,22-/m1/s1. The van der Waals surface area contributed by atoms with Gasteiger partial charge in [-0.05, 0) is 49.2 Å². The van der Waals surface area contributed by atoms with Gasteiger partial charge in [0.15, 0.2) is 35.2 Å². The molecule has 0 fully saturated rings. The van der Waals surface area contributed by atoms with Crippen LogP contribution in [-0.4, -0.2) is 61.8 Å². The second-order valence-electron chi connectivity index (χ2n) is 6.98. The maximum Gasteiger partial charge on any atom is 0.338 e. The molecule has 2 N–H and O–H groups in total. The van der Waals surface area contributed by atoms with Crippen LogP contribution in [0.2, 0.25) is 0 Å². The van der Waals surface area contributed by atoms with E-state index in [1.165, 1.54) is 26.4 Å². The summed E-state index contributed by atoms with van der Waals surface area (Å²) in [7, 11) is 2.84. The van der Waals surface area contributed by atoms with E-state index < -0.39 is 24.1 Å². The van der Waals surface area contributed by atoms with E-state index in [9.17, 15) is 19.8 Å². The highest BCUT2D eigenvalue weighted by Gasteiger charge is 2.38. The minimum atomic E-state index is -1.45. The van der Waals surface area contributed by atoms with E-state index in [1.807, 2.05) is 0 Å². The van der Waals surface area contributed by atoms with Gasteiger partial charge in [-0.2, -0.15) is 0 Å². The minimum absolute atomic E-state index is 0.0594. The predicted octanol–water partition coefficient (Wildman–Crippen LogP) is 2.71. The summed E-state index contributed by atoms with van der Waals surface area (Å²) < 4.78 is 31.7. The highest BCUT2D eigenvalue weighted by atomic mass is 16.6. The maximum atomic E-state index is 12.7. The molecule has 186 valence electrons. The SMILES string of the molecule is CCOC(=O)[C@H](OCc1ccc(OC)c(O)c1)[C@@H](OCc1ccc(OC)c(O)c1)C(=O)OCC. The second kappa shape index (κ2) is 13.3.